The Balaban J connectivity index is 0.00000127. The highest BCUT2D eigenvalue weighted by atomic mass is 35.5. The zero-order chi connectivity index (χ0) is 17.1. The van der Waals surface area contributed by atoms with Crippen molar-refractivity contribution < 1.29 is 14.6 Å². The van der Waals surface area contributed by atoms with Gasteiger partial charge in [-0.15, -0.1) is 0 Å². The van der Waals surface area contributed by atoms with E-state index in [0.717, 1.165) is 38.5 Å². The van der Waals surface area contributed by atoms with Crippen molar-refractivity contribution in [3.63, 3.8) is 0 Å². The third-order valence-electron chi connectivity index (χ3n) is 3.01. The van der Waals surface area contributed by atoms with E-state index in [1.165, 1.54) is 0 Å². The number of hydrogen-bond donors (Lipinski definition) is 2. The molecular weight excluding hydrogens is 314 g/mol. The third-order valence-corrected chi connectivity index (χ3v) is 3.29. The minimum absolute atomic E-state index is 0.419. The van der Waals surface area contributed by atoms with Gasteiger partial charge in [-0.2, -0.15) is 0 Å². The largest absolute Gasteiger partial charge is 0.454 e. The quantitative estimate of drug-likeness (QED) is 0.565. The Bertz CT molecular complexity index is 603. The minimum Gasteiger partial charge on any atom is -0.454 e. The maximum absolute atomic E-state index is 11.0. The smallest absolute Gasteiger partial charge is 0.169 e. The van der Waals surface area contributed by atoms with Crippen molar-refractivity contribution in [2.75, 3.05) is 19.0 Å². The number of benzene rings is 2. The summed E-state index contributed by atoms with van der Waals surface area (Å²) < 4.78 is 5.86. The molecule has 0 aliphatic carbocycles. The van der Waals surface area contributed by atoms with Crippen LogP contribution in [0.1, 0.15) is 30.1 Å². The van der Waals surface area contributed by atoms with Gasteiger partial charge in [0, 0.05) is 19.2 Å². The molecular formula is C18H22ClNO3. The van der Waals surface area contributed by atoms with Crippen LogP contribution in [0.15, 0.2) is 42.5 Å². The standard InChI is InChI=1S/C17H18ClNO2.CH4O/c1-2-3-9-19-16-11-13(12-20)10-15(18)17(16)21-14-7-5-4-6-8-14;1-2/h4-8,10-12,19H,2-3,9H2,1H3;2H,1H3. The summed E-state index contributed by atoms with van der Waals surface area (Å²) >= 11 is 6.25. The van der Waals surface area contributed by atoms with Crippen LogP contribution in [0.4, 0.5) is 5.69 Å². The second-order valence-corrected chi connectivity index (χ2v) is 5.10. The Hall–Kier alpha value is -2.04. The summed E-state index contributed by atoms with van der Waals surface area (Å²) in [6.45, 7) is 2.93. The average molecular weight is 336 g/mol. The fourth-order valence-electron chi connectivity index (χ4n) is 1.92. The lowest BCUT2D eigenvalue weighted by Gasteiger charge is -2.15. The highest BCUT2D eigenvalue weighted by Gasteiger charge is 2.12. The van der Waals surface area contributed by atoms with Gasteiger partial charge in [0.1, 0.15) is 12.0 Å². The Labute approximate surface area is 142 Å². The molecule has 2 aromatic carbocycles. The van der Waals surface area contributed by atoms with Crippen LogP contribution in [-0.2, 0) is 0 Å². The first-order valence-corrected chi connectivity index (χ1v) is 7.82. The second-order valence-electron chi connectivity index (χ2n) is 4.69. The van der Waals surface area contributed by atoms with E-state index in [-0.39, 0.29) is 0 Å². The summed E-state index contributed by atoms with van der Waals surface area (Å²) in [7, 11) is 1.00. The molecule has 0 heterocycles. The fraction of sp³-hybridized carbons (Fsp3) is 0.278. The van der Waals surface area contributed by atoms with Crippen LogP contribution in [0.5, 0.6) is 11.5 Å². The molecule has 0 amide bonds. The Morgan fingerprint density at radius 2 is 1.91 bits per heavy atom. The summed E-state index contributed by atoms with van der Waals surface area (Å²) in [5, 5.41) is 10.7. The van der Waals surface area contributed by atoms with Gasteiger partial charge in [-0.05, 0) is 30.7 Å². The second kappa shape index (κ2) is 10.6. The number of rotatable bonds is 7. The van der Waals surface area contributed by atoms with Crippen molar-refractivity contribution in [2.24, 2.45) is 0 Å². The van der Waals surface area contributed by atoms with Crippen molar-refractivity contribution in [3.8, 4) is 11.5 Å². The fourth-order valence-corrected chi connectivity index (χ4v) is 2.19. The highest BCUT2D eigenvalue weighted by Crippen LogP contribution is 2.37. The molecule has 0 radical (unpaired) electrons. The van der Waals surface area contributed by atoms with Gasteiger partial charge >= 0.3 is 0 Å². The number of carbonyl (C=O) groups excluding carboxylic acids is 1. The maximum atomic E-state index is 11.0. The minimum atomic E-state index is 0.419. The van der Waals surface area contributed by atoms with Crippen LogP contribution < -0.4 is 10.1 Å². The van der Waals surface area contributed by atoms with Gasteiger partial charge in [-0.3, -0.25) is 4.79 Å². The first-order valence-electron chi connectivity index (χ1n) is 7.44. The van der Waals surface area contributed by atoms with Gasteiger partial charge in [-0.1, -0.05) is 43.1 Å². The number of aliphatic hydroxyl groups excluding tert-OH is 1. The lowest BCUT2D eigenvalue weighted by atomic mass is 10.2. The van der Waals surface area contributed by atoms with Crippen LogP contribution in [0.3, 0.4) is 0 Å². The van der Waals surface area contributed by atoms with Gasteiger partial charge in [0.25, 0.3) is 0 Å². The van der Waals surface area contributed by atoms with E-state index in [9.17, 15) is 4.79 Å². The Morgan fingerprint density at radius 3 is 2.52 bits per heavy atom. The zero-order valence-electron chi connectivity index (χ0n) is 13.4. The van der Waals surface area contributed by atoms with E-state index in [4.69, 9.17) is 21.4 Å². The molecule has 5 heteroatoms. The summed E-state index contributed by atoms with van der Waals surface area (Å²) in [5.41, 5.74) is 1.27. The van der Waals surface area contributed by atoms with Gasteiger partial charge in [-0.25, -0.2) is 0 Å². The van der Waals surface area contributed by atoms with Gasteiger partial charge in [0.05, 0.1) is 10.7 Å². The number of aliphatic hydroxyl groups is 1. The van der Waals surface area contributed by atoms with Crippen molar-refractivity contribution in [3.05, 3.63) is 53.1 Å². The number of aldehydes is 1. The van der Waals surface area contributed by atoms with E-state index < -0.39 is 0 Å². The molecule has 2 aromatic rings. The number of anilines is 1. The molecule has 0 fully saturated rings. The van der Waals surface area contributed by atoms with Crippen LogP contribution in [-0.4, -0.2) is 25.0 Å². The molecule has 0 bridgehead atoms. The monoisotopic (exact) mass is 335 g/mol. The van der Waals surface area contributed by atoms with Gasteiger partial charge in [0.15, 0.2) is 5.75 Å². The molecule has 124 valence electrons. The first-order chi connectivity index (χ1) is 11.2. The zero-order valence-corrected chi connectivity index (χ0v) is 14.1. The van der Waals surface area contributed by atoms with E-state index in [0.29, 0.717) is 22.1 Å². The Kier molecular flexibility index (Phi) is 8.80. The van der Waals surface area contributed by atoms with E-state index in [1.54, 1.807) is 12.1 Å². The molecule has 0 saturated heterocycles. The third kappa shape index (κ3) is 5.93. The predicted molar refractivity (Wildman–Crippen MR) is 94.9 cm³/mol. The number of carbonyl (C=O) groups is 1. The van der Waals surface area contributed by atoms with Crippen molar-refractivity contribution >= 4 is 23.6 Å². The van der Waals surface area contributed by atoms with Gasteiger partial charge < -0.3 is 15.2 Å². The topological polar surface area (TPSA) is 58.6 Å². The SMILES string of the molecule is CCCCNc1cc(C=O)cc(Cl)c1Oc1ccccc1.CO. The lowest BCUT2D eigenvalue weighted by Crippen LogP contribution is -2.03. The molecule has 0 aromatic heterocycles. The van der Waals surface area contributed by atoms with Crippen LogP contribution in [0.2, 0.25) is 5.02 Å². The van der Waals surface area contributed by atoms with Crippen LogP contribution >= 0.6 is 11.6 Å². The molecule has 0 aliphatic heterocycles. The molecule has 0 atom stereocenters. The van der Waals surface area contributed by atoms with Crippen LogP contribution in [0.25, 0.3) is 0 Å². The number of unbranched alkanes of at least 4 members (excludes halogenated alkanes) is 1. The van der Waals surface area contributed by atoms with Crippen molar-refractivity contribution in [1.29, 1.82) is 0 Å². The molecule has 0 spiro atoms. The molecule has 4 nitrogen and oxygen atoms in total. The van der Waals surface area contributed by atoms with E-state index in [2.05, 4.69) is 12.2 Å². The molecule has 0 aliphatic rings. The number of para-hydroxylation sites is 1. The summed E-state index contributed by atoms with van der Waals surface area (Å²) in [4.78, 5) is 11.0. The Morgan fingerprint density at radius 1 is 1.22 bits per heavy atom. The van der Waals surface area contributed by atoms with Gasteiger partial charge in [0.2, 0.25) is 0 Å². The normalized spacial score (nSPS) is 9.57. The highest BCUT2D eigenvalue weighted by molar-refractivity contribution is 6.32. The molecule has 0 unspecified atom stereocenters. The molecule has 2 N–H and O–H groups in total. The van der Waals surface area contributed by atoms with E-state index >= 15 is 0 Å². The van der Waals surface area contributed by atoms with Crippen LogP contribution in [0, 0.1) is 0 Å². The summed E-state index contributed by atoms with van der Waals surface area (Å²) in [5.74, 6) is 1.25. The average Bonchev–Trinajstić information content (AvgIpc) is 2.60. The summed E-state index contributed by atoms with van der Waals surface area (Å²) in [6.07, 6.45) is 2.90. The molecule has 2 rings (SSSR count). The number of hydrogen-bond acceptors (Lipinski definition) is 4. The molecule has 0 saturated carbocycles. The van der Waals surface area contributed by atoms with Crippen molar-refractivity contribution in [1.82, 2.24) is 0 Å². The lowest BCUT2D eigenvalue weighted by molar-refractivity contribution is 0.112. The predicted octanol–water partition coefficient (Wildman–Crippen LogP) is 4.77. The first kappa shape index (κ1) is 19.0. The number of nitrogens with one attached hydrogen (secondary N) is 1. The number of halogens is 1. The van der Waals surface area contributed by atoms with Crippen molar-refractivity contribution in [2.45, 2.75) is 19.8 Å². The maximum Gasteiger partial charge on any atom is 0.169 e. The summed E-state index contributed by atoms with van der Waals surface area (Å²) in [6, 6.07) is 12.8. The molecule has 23 heavy (non-hydrogen) atoms. The van der Waals surface area contributed by atoms with E-state index in [1.807, 2.05) is 30.3 Å². The number of ether oxygens (including phenoxy) is 1.